The van der Waals surface area contributed by atoms with Crippen LogP contribution in [0.15, 0.2) is 18.2 Å². The molecule has 2 nitrogen and oxygen atoms in total. The first kappa shape index (κ1) is 13.9. The van der Waals surface area contributed by atoms with Gasteiger partial charge < -0.3 is 4.74 Å². The van der Waals surface area contributed by atoms with Crippen LogP contribution < -0.4 is 4.74 Å². The number of hydrogen-bond donors (Lipinski definition) is 0. The van der Waals surface area contributed by atoms with Crippen LogP contribution in [0.5, 0.6) is 5.75 Å². The predicted molar refractivity (Wildman–Crippen MR) is 80.5 cm³/mol. The second kappa shape index (κ2) is 4.49. The van der Waals surface area contributed by atoms with E-state index in [9.17, 15) is 4.79 Å². The first-order chi connectivity index (χ1) is 9.39. The van der Waals surface area contributed by atoms with Crippen molar-refractivity contribution in [1.82, 2.24) is 0 Å². The SMILES string of the molecule is COc1ccc(Cl)cc1C(=O)CC[C@H]1CC12CC2(C)C. The molecule has 20 heavy (non-hydrogen) atoms. The molecule has 3 heteroatoms. The van der Waals surface area contributed by atoms with Gasteiger partial charge in [-0.1, -0.05) is 25.4 Å². The molecule has 0 radical (unpaired) electrons. The van der Waals surface area contributed by atoms with Crippen LogP contribution in [0.2, 0.25) is 5.02 Å². The van der Waals surface area contributed by atoms with Gasteiger partial charge in [-0.15, -0.1) is 0 Å². The second-order valence-electron chi connectivity index (χ2n) is 6.92. The van der Waals surface area contributed by atoms with Crippen molar-refractivity contribution in [2.75, 3.05) is 7.11 Å². The molecule has 0 aliphatic heterocycles. The Hall–Kier alpha value is -1.02. The lowest BCUT2D eigenvalue weighted by Crippen LogP contribution is -2.03. The van der Waals surface area contributed by atoms with Gasteiger partial charge in [0, 0.05) is 11.4 Å². The Labute approximate surface area is 125 Å². The van der Waals surface area contributed by atoms with Crippen LogP contribution in [0.25, 0.3) is 0 Å². The fraction of sp³-hybridized carbons (Fsp3) is 0.588. The lowest BCUT2D eigenvalue weighted by Gasteiger charge is -2.08. The van der Waals surface area contributed by atoms with E-state index in [1.54, 1.807) is 25.3 Å². The Kier molecular flexibility index (Phi) is 3.13. The van der Waals surface area contributed by atoms with Gasteiger partial charge in [0.1, 0.15) is 5.75 Å². The summed E-state index contributed by atoms with van der Waals surface area (Å²) in [5.41, 5.74) is 1.70. The lowest BCUT2D eigenvalue weighted by molar-refractivity contribution is 0.0974. The van der Waals surface area contributed by atoms with Gasteiger partial charge in [-0.3, -0.25) is 4.79 Å². The van der Waals surface area contributed by atoms with Gasteiger partial charge in [0.2, 0.25) is 0 Å². The Morgan fingerprint density at radius 3 is 2.70 bits per heavy atom. The molecule has 2 saturated carbocycles. The minimum absolute atomic E-state index is 0.143. The maximum Gasteiger partial charge on any atom is 0.166 e. The summed E-state index contributed by atoms with van der Waals surface area (Å²) in [6, 6.07) is 5.23. The molecule has 2 aliphatic rings. The zero-order valence-corrected chi connectivity index (χ0v) is 13.1. The Morgan fingerprint density at radius 1 is 1.45 bits per heavy atom. The fourth-order valence-corrected chi connectivity index (χ4v) is 4.06. The van der Waals surface area contributed by atoms with E-state index < -0.39 is 0 Å². The maximum absolute atomic E-state index is 12.4. The Balaban J connectivity index is 1.62. The van der Waals surface area contributed by atoms with Crippen molar-refractivity contribution in [1.29, 1.82) is 0 Å². The molecule has 0 saturated heterocycles. The number of halogens is 1. The molecular formula is C17H21ClO2. The van der Waals surface area contributed by atoms with Crippen LogP contribution in [-0.4, -0.2) is 12.9 Å². The smallest absolute Gasteiger partial charge is 0.166 e. The van der Waals surface area contributed by atoms with E-state index in [1.807, 2.05) is 0 Å². The zero-order chi connectivity index (χ0) is 14.5. The topological polar surface area (TPSA) is 26.3 Å². The van der Waals surface area contributed by atoms with Crippen LogP contribution in [0.1, 0.15) is 49.9 Å². The number of Topliss-reactive ketones (excluding diaryl/α,β-unsaturated/α-hetero) is 1. The molecule has 2 aliphatic carbocycles. The summed E-state index contributed by atoms with van der Waals surface area (Å²) < 4.78 is 5.25. The van der Waals surface area contributed by atoms with E-state index in [2.05, 4.69) is 13.8 Å². The molecule has 1 aromatic carbocycles. The highest BCUT2D eigenvalue weighted by atomic mass is 35.5. The van der Waals surface area contributed by atoms with E-state index in [1.165, 1.54) is 12.8 Å². The zero-order valence-electron chi connectivity index (χ0n) is 12.3. The van der Waals surface area contributed by atoms with Crippen LogP contribution in [0.3, 0.4) is 0 Å². The average molecular weight is 293 g/mol. The average Bonchev–Trinajstić information content (AvgIpc) is 3.23. The van der Waals surface area contributed by atoms with Gasteiger partial charge in [0.05, 0.1) is 12.7 Å². The largest absolute Gasteiger partial charge is 0.496 e. The van der Waals surface area contributed by atoms with E-state index >= 15 is 0 Å². The maximum atomic E-state index is 12.4. The highest BCUT2D eigenvalue weighted by Gasteiger charge is 2.74. The predicted octanol–water partition coefficient (Wildman–Crippen LogP) is 4.75. The van der Waals surface area contributed by atoms with Crippen LogP contribution in [-0.2, 0) is 0 Å². The summed E-state index contributed by atoms with van der Waals surface area (Å²) in [7, 11) is 1.59. The third-order valence-corrected chi connectivity index (χ3v) is 5.63. The Bertz CT molecular complexity index is 564. The molecule has 1 spiro atoms. The van der Waals surface area contributed by atoms with Gasteiger partial charge >= 0.3 is 0 Å². The summed E-state index contributed by atoms with van der Waals surface area (Å²) in [6.45, 7) is 4.68. The minimum atomic E-state index is 0.143. The minimum Gasteiger partial charge on any atom is -0.496 e. The summed E-state index contributed by atoms with van der Waals surface area (Å²) in [5, 5.41) is 0.584. The lowest BCUT2D eigenvalue weighted by atomic mass is 10.0. The van der Waals surface area contributed by atoms with Crippen molar-refractivity contribution in [3.8, 4) is 5.75 Å². The highest BCUT2D eigenvalue weighted by Crippen LogP contribution is 2.82. The van der Waals surface area contributed by atoms with Crippen molar-refractivity contribution in [3.63, 3.8) is 0 Å². The monoisotopic (exact) mass is 292 g/mol. The normalized spacial score (nSPS) is 29.3. The molecule has 2 atom stereocenters. The number of carbonyl (C=O) groups excluding carboxylic acids is 1. The molecule has 0 aromatic heterocycles. The quantitative estimate of drug-likeness (QED) is 0.732. The van der Waals surface area contributed by atoms with Gasteiger partial charge in [0.15, 0.2) is 5.78 Å². The van der Waals surface area contributed by atoms with E-state index in [0.29, 0.717) is 33.6 Å². The van der Waals surface area contributed by atoms with Crippen molar-refractivity contribution in [3.05, 3.63) is 28.8 Å². The van der Waals surface area contributed by atoms with Crippen molar-refractivity contribution < 1.29 is 9.53 Å². The molecular weight excluding hydrogens is 272 g/mol. The van der Waals surface area contributed by atoms with E-state index in [4.69, 9.17) is 16.3 Å². The number of benzene rings is 1. The molecule has 0 heterocycles. The van der Waals surface area contributed by atoms with Crippen LogP contribution in [0.4, 0.5) is 0 Å². The van der Waals surface area contributed by atoms with Crippen LogP contribution >= 0.6 is 11.6 Å². The number of ether oxygens (including phenoxy) is 1. The van der Waals surface area contributed by atoms with Crippen molar-refractivity contribution in [2.45, 2.75) is 39.5 Å². The number of rotatable bonds is 5. The van der Waals surface area contributed by atoms with Gasteiger partial charge in [-0.05, 0) is 54.2 Å². The number of ketones is 1. The van der Waals surface area contributed by atoms with Crippen molar-refractivity contribution >= 4 is 17.4 Å². The summed E-state index contributed by atoms with van der Waals surface area (Å²) >= 11 is 5.98. The molecule has 0 N–H and O–H groups in total. The first-order valence-corrected chi connectivity index (χ1v) is 7.64. The standard InChI is InChI=1S/C17H21ClO2/c1-16(2)10-17(16)9-11(17)4-6-14(19)13-8-12(18)5-7-15(13)20-3/h5,7-8,11H,4,6,9-10H2,1-3H3/t11-,17?/m0/s1. The highest BCUT2D eigenvalue weighted by molar-refractivity contribution is 6.31. The van der Waals surface area contributed by atoms with E-state index in [0.717, 1.165) is 12.3 Å². The molecule has 1 unspecified atom stereocenters. The van der Waals surface area contributed by atoms with Gasteiger partial charge in [0.25, 0.3) is 0 Å². The summed E-state index contributed by atoms with van der Waals surface area (Å²) in [6.07, 6.45) is 4.23. The third-order valence-electron chi connectivity index (χ3n) is 5.39. The first-order valence-electron chi connectivity index (χ1n) is 7.26. The Morgan fingerprint density at radius 2 is 2.15 bits per heavy atom. The third kappa shape index (κ3) is 2.14. The molecule has 3 rings (SSSR count). The van der Waals surface area contributed by atoms with Gasteiger partial charge in [-0.2, -0.15) is 0 Å². The number of methoxy groups -OCH3 is 1. The number of hydrogen-bond acceptors (Lipinski definition) is 2. The van der Waals surface area contributed by atoms with Crippen LogP contribution in [0, 0.1) is 16.7 Å². The van der Waals surface area contributed by atoms with E-state index in [-0.39, 0.29) is 5.78 Å². The molecule has 108 valence electrons. The van der Waals surface area contributed by atoms with Gasteiger partial charge in [-0.25, -0.2) is 0 Å². The summed E-state index contributed by atoms with van der Waals surface area (Å²) in [5.74, 6) is 1.51. The second-order valence-corrected chi connectivity index (χ2v) is 7.36. The molecule has 2 fully saturated rings. The molecule has 0 bridgehead atoms. The molecule has 0 amide bonds. The fourth-order valence-electron chi connectivity index (χ4n) is 3.89. The summed E-state index contributed by atoms with van der Waals surface area (Å²) in [4.78, 5) is 12.4. The molecule has 1 aromatic rings. The van der Waals surface area contributed by atoms with Crippen molar-refractivity contribution in [2.24, 2.45) is 16.7 Å². The number of carbonyl (C=O) groups is 1.